The Balaban J connectivity index is 0.00000180. The molecule has 2 rings (SSSR count). The predicted octanol–water partition coefficient (Wildman–Crippen LogP) is 0.759. The highest BCUT2D eigenvalue weighted by Crippen LogP contribution is 2.23. The Labute approximate surface area is 120 Å². The minimum atomic E-state index is -0.241. The highest BCUT2D eigenvalue weighted by Gasteiger charge is 2.37. The van der Waals surface area contributed by atoms with Gasteiger partial charge in [-0.1, -0.05) is 0 Å². The number of carbonyl (C=O) groups is 2. The first-order chi connectivity index (χ1) is 8.65. The third-order valence-electron chi connectivity index (χ3n) is 4.12. The number of amides is 2. The minimum absolute atomic E-state index is 0. The third kappa shape index (κ3) is 3.39. The van der Waals surface area contributed by atoms with E-state index >= 15 is 0 Å². The summed E-state index contributed by atoms with van der Waals surface area (Å²) >= 11 is 0. The van der Waals surface area contributed by atoms with Gasteiger partial charge in [-0.25, -0.2) is 0 Å². The molecular formula is C13H24ClN3O2. The molecule has 19 heavy (non-hydrogen) atoms. The summed E-state index contributed by atoms with van der Waals surface area (Å²) in [5.74, 6) is 0.116. The molecule has 2 aliphatic heterocycles. The van der Waals surface area contributed by atoms with Gasteiger partial charge in [-0.15, -0.1) is 12.4 Å². The maximum atomic E-state index is 12.6. The molecule has 0 spiro atoms. The normalized spacial score (nSPS) is 27.1. The smallest absolute Gasteiger partial charge is 0.245 e. The first kappa shape index (κ1) is 16.2. The van der Waals surface area contributed by atoms with Crippen molar-refractivity contribution in [2.24, 2.45) is 5.73 Å². The molecule has 0 bridgehead atoms. The molecule has 5 nitrogen and oxygen atoms in total. The molecule has 6 heteroatoms. The van der Waals surface area contributed by atoms with Crippen molar-refractivity contribution in [3.8, 4) is 0 Å². The highest BCUT2D eigenvalue weighted by atomic mass is 35.5. The number of hydrogen-bond acceptors (Lipinski definition) is 3. The van der Waals surface area contributed by atoms with Gasteiger partial charge in [0.25, 0.3) is 0 Å². The molecule has 2 aliphatic rings. The molecule has 2 fully saturated rings. The fourth-order valence-electron chi connectivity index (χ4n) is 3.13. The zero-order valence-corrected chi connectivity index (χ0v) is 12.3. The quantitative estimate of drug-likeness (QED) is 0.816. The van der Waals surface area contributed by atoms with Crippen LogP contribution in [0.4, 0.5) is 0 Å². The van der Waals surface area contributed by atoms with Crippen molar-refractivity contribution in [2.45, 2.75) is 51.1 Å². The van der Waals surface area contributed by atoms with E-state index in [2.05, 4.69) is 0 Å². The van der Waals surface area contributed by atoms with E-state index in [0.29, 0.717) is 13.1 Å². The molecule has 2 N–H and O–H groups in total. The fourth-order valence-corrected chi connectivity index (χ4v) is 3.13. The second-order valence-electron chi connectivity index (χ2n) is 5.29. The van der Waals surface area contributed by atoms with Crippen molar-refractivity contribution in [3.63, 3.8) is 0 Å². The lowest BCUT2D eigenvalue weighted by atomic mass is 10.0. The minimum Gasteiger partial charge on any atom is -0.337 e. The van der Waals surface area contributed by atoms with Gasteiger partial charge in [0.15, 0.2) is 0 Å². The van der Waals surface area contributed by atoms with Crippen LogP contribution in [-0.4, -0.2) is 53.3 Å². The van der Waals surface area contributed by atoms with Crippen LogP contribution in [0.5, 0.6) is 0 Å². The summed E-state index contributed by atoms with van der Waals surface area (Å²) < 4.78 is 0. The molecule has 2 saturated heterocycles. The molecule has 0 aromatic rings. The van der Waals surface area contributed by atoms with E-state index in [4.69, 9.17) is 5.73 Å². The average Bonchev–Trinajstić information content (AvgIpc) is 2.87. The zero-order chi connectivity index (χ0) is 13.1. The third-order valence-corrected chi connectivity index (χ3v) is 4.12. The Morgan fingerprint density at radius 1 is 1.11 bits per heavy atom. The van der Waals surface area contributed by atoms with Crippen molar-refractivity contribution >= 4 is 24.2 Å². The molecule has 0 aromatic heterocycles. The van der Waals surface area contributed by atoms with Gasteiger partial charge in [0.05, 0.1) is 0 Å². The van der Waals surface area contributed by atoms with Gasteiger partial charge in [0.1, 0.15) is 6.04 Å². The maximum Gasteiger partial charge on any atom is 0.245 e. The lowest BCUT2D eigenvalue weighted by Crippen LogP contribution is -2.54. The largest absolute Gasteiger partial charge is 0.337 e. The Kier molecular flexibility index (Phi) is 6.07. The standard InChI is InChI=1S/C13H23N3O2.ClH/c1-10(17)15-8-4-6-12(15)13(18)16-7-3-2-5-11(16)9-14;/h11-12H,2-9,14H2,1H3;1H. The van der Waals surface area contributed by atoms with Crippen LogP contribution < -0.4 is 5.73 Å². The predicted molar refractivity (Wildman–Crippen MR) is 76.1 cm³/mol. The number of piperidine rings is 1. The molecule has 0 aliphatic carbocycles. The summed E-state index contributed by atoms with van der Waals surface area (Å²) in [4.78, 5) is 27.7. The van der Waals surface area contributed by atoms with Gasteiger partial charge >= 0.3 is 0 Å². The summed E-state index contributed by atoms with van der Waals surface area (Å²) in [7, 11) is 0. The Hall–Kier alpha value is -0.810. The molecule has 110 valence electrons. The van der Waals surface area contributed by atoms with Gasteiger partial charge in [0, 0.05) is 32.6 Å². The summed E-state index contributed by atoms with van der Waals surface area (Å²) in [6.45, 7) is 3.58. The van der Waals surface area contributed by atoms with Gasteiger partial charge in [-0.3, -0.25) is 9.59 Å². The van der Waals surface area contributed by atoms with Crippen LogP contribution in [-0.2, 0) is 9.59 Å². The monoisotopic (exact) mass is 289 g/mol. The van der Waals surface area contributed by atoms with Crippen LogP contribution in [0.3, 0.4) is 0 Å². The van der Waals surface area contributed by atoms with E-state index in [1.807, 2.05) is 4.90 Å². The Morgan fingerprint density at radius 3 is 2.42 bits per heavy atom. The number of rotatable bonds is 2. The van der Waals surface area contributed by atoms with E-state index in [1.165, 1.54) is 0 Å². The summed E-state index contributed by atoms with van der Waals surface area (Å²) in [5, 5.41) is 0. The highest BCUT2D eigenvalue weighted by molar-refractivity contribution is 5.87. The average molecular weight is 290 g/mol. The van der Waals surface area contributed by atoms with E-state index < -0.39 is 0 Å². The van der Waals surface area contributed by atoms with Crippen LogP contribution in [0.15, 0.2) is 0 Å². The number of nitrogens with zero attached hydrogens (tertiary/aromatic N) is 2. The van der Waals surface area contributed by atoms with Crippen LogP contribution in [0.1, 0.15) is 39.0 Å². The second-order valence-corrected chi connectivity index (χ2v) is 5.29. The van der Waals surface area contributed by atoms with Crippen LogP contribution in [0, 0.1) is 0 Å². The molecule has 2 atom stereocenters. The summed E-state index contributed by atoms with van der Waals surface area (Å²) in [6.07, 6.45) is 4.92. The lowest BCUT2D eigenvalue weighted by Gasteiger charge is -2.38. The summed E-state index contributed by atoms with van der Waals surface area (Å²) in [5.41, 5.74) is 5.75. The van der Waals surface area contributed by atoms with Gasteiger partial charge in [0.2, 0.25) is 11.8 Å². The molecule has 0 saturated carbocycles. The van der Waals surface area contributed by atoms with Crippen molar-refractivity contribution < 1.29 is 9.59 Å². The first-order valence-corrected chi connectivity index (χ1v) is 6.93. The van der Waals surface area contributed by atoms with E-state index in [0.717, 1.165) is 38.6 Å². The van der Waals surface area contributed by atoms with Crippen LogP contribution in [0.25, 0.3) is 0 Å². The van der Waals surface area contributed by atoms with Crippen molar-refractivity contribution in [2.75, 3.05) is 19.6 Å². The zero-order valence-electron chi connectivity index (χ0n) is 11.5. The number of hydrogen-bond donors (Lipinski definition) is 1. The topological polar surface area (TPSA) is 66.6 Å². The molecule has 0 aromatic carbocycles. The van der Waals surface area contributed by atoms with Crippen LogP contribution in [0.2, 0.25) is 0 Å². The lowest BCUT2D eigenvalue weighted by molar-refractivity contribution is -0.145. The van der Waals surface area contributed by atoms with Crippen molar-refractivity contribution in [3.05, 3.63) is 0 Å². The molecule has 2 heterocycles. The van der Waals surface area contributed by atoms with E-state index in [-0.39, 0.29) is 36.3 Å². The van der Waals surface area contributed by atoms with Crippen LogP contribution >= 0.6 is 12.4 Å². The van der Waals surface area contributed by atoms with Gasteiger partial charge < -0.3 is 15.5 Å². The fraction of sp³-hybridized carbons (Fsp3) is 0.846. The molecular weight excluding hydrogens is 266 g/mol. The SMILES string of the molecule is CC(=O)N1CCCC1C(=O)N1CCCCC1CN.Cl. The number of likely N-dealkylation sites (tertiary alicyclic amines) is 2. The Morgan fingerprint density at radius 2 is 1.79 bits per heavy atom. The van der Waals surface area contributed by atoms with Crippen molar-refractivity contribution in [1.82, 2.24) is 9.80 Å². The number of halogens is 1. The first-order valence-electron chi connectivity index (χ1n) is 6.93. The molecule has 2 unspecified atom stereocenters. The summed E-state index contributed by atoms with van der Waals surface area (Å²) in [6, 6.07) is -0.0738. The second kappa shape index (κ2) is 7.10. The number of carbonyl (C=O) groups excluding carboxylic acids is 2. The molecule has 0 radical (unpaired) electrons. The van der Waals surface area contributed by atoms with Gasteiger partial charge in [-0.2, -0.15) is 0 Å². The van der Waals surface area contributed by atoms with E-state index in [9.17, 15) is 9.59 Å². The number of nitrogens with two attached hydrogens (primary N) is 1. The maximum absolute atomic E-state index is 12.6. The Bertz CT molecular complexity index is 338. The molecule has 2 amide bonds. The van der Waals surface area contributed by atoms with E-state index in [1.54, 1.807) is 11.8 Å². The van der Waals surface area contributed by atoms with Gasteiger partial charge in [-0.05, 0) is 32.1 Å². The van der Waals surface area contributed by atoms with Crippen molar-refractivity contribution in [1.29, 1.82) is 0 Å².